The number of carbonyl (C=O) groups is 1. The molecule has 0 saturated carbocycles. The van der Waals surface area contributed by atoms with E-state index in [1.165, 1.54) is 12.3 Å². The van der Waals surface area contributed by atoms with E-state index in [1.54, 1.807) is 46.1 Å². The lowest BCUT2D eigenvalue weighted by molar-refractivity contribution is -0.906. The van der Waals surface area contributed by atoms with E-state index in [0.717, 1.165) is 35.9 Å². The molecule has 1 aliphatic rings. The first-order valence-corrected chi connectivity index (χ1v) is 11.8. The number of amides is 2. The molecule has 0 unspecified atom stereocenters. The van der Waals surface area contributed by atoms with Crippen molar-refractivity contribution in [3.8, 4) is 11.5 Å². The standard InChI is InChI=1S/C23H27N3O6S/c1-23(2,3)24-22(27)25-33(29,30)21-15-26(28)13-12-20(21)32-19-7-5-6-17(14-19)16-8-10-18(31-4)11-9-16/h5-8,10,12-15H,9,11H2,1-4H3,(H2-,24,25,27,28)/p+1. The van der Waals surface area contributed by atoms with Crippen LogP contribution in [0, 0.1) is 0 Å². The van der Waals surface area contributed by atoms with Crippen molar-refractivity contribution in [3.63, 3.8) is 0 Å². The molecule has 0 spiro atoms. The molecule has 0 radical (unpaired) electrons. The molecular weight excluding hydrogens is 446 g/mol. The molecule has 176 valence electrons. The Hall–Kier alpha value is -3.53. The van der Waals surface area contributed by atoms with Crippen LogP contribution in [0.25, 0.3) is 5.57 Å². The molecule has 9 nitrogen and oxygen atoms in total. The fraction of sp³-hybridized carbons (Fsp3) is 0.304. The molecule has 0 bridgehead atoms. The number of pyridine rings is 1. The van der Waals surface area contributed by atoms with Crippen molar-refractivity contribution in [1.82, 2.24) is 10.0 Å². The van der Waals surface area contributed by atoms with Crippen LogP contribution < -0.4 is 19.5 Å². The Morgan fingerprint density at radius 2 is 1.91 bits per heavy atom. The van der Waals surface area contributed by atoms with Gasteiger partial charge in [-0.3, -0.25) is 5.21 Å². The van der Waals surface area contributed by atoms with Gasteiger partial charge >= 0.3 is 6.03 Å². The lowest BCUT2D eigenvalue weighted by Gasteiger charge is -2.20. The molecule has 33 heavy (non-hydrogen) atoms. The summed E-state index contributed by atoms with van der Waals surface area (Å²) in [5.41, 5.74) is 1.38. The Kier molecular flexibility index (Phi) is 6.97. The molecule has 1 aliphatic carbocycles. The van der Waals surface area contributed by atoms with E-state index in [0.29, 0.717) is 10.5 Å². The summed E-state index contributed by atoms with van der Waals surface area (Å²) in [6.45, 7) is 5.16. The average molecular weight is 475 g/mol. The maximum absolute atomic E-state index is 12.9. The van der Waals surface area contributed by atoms with Gasteiger partial charge in [-0.15, -0.1) is 0 Å². The minimum absolute atomic E-state index is 0.0484. The van der Waals surface area contributed by atoms with Gasteiger partial charge in [0.2, 0.25) is 12.4 Å². The lowest BCUT2D eigenvalue weighted by Crippen LogP contribution is -2.48. The molecule has 2 amide bonds. The third kappa shape index (κ3) is 6.48. The summed E-state index contributed by atoms with van der Waals surface area (Å²) >= 11 is 0. The number of carbonyl (C=O) groups excluding carboxylic acids is 1. The maximum atomic E-state index is 12.9. The number of aromatic nitrogens is 1. The summed E-state index contributed by atoms with van der Waals surface area (Å²) in [6.07, 6.45) is 7.66. The van der Waals surface area contributed by atoms with Crippen molar-refractivity contribution in [2.24, 2.45) is 0 Å². The third-order valence-corrected chi connectivity index (χ3v) is 6.02. The van der Waals surface area contributed by atoms with Gasteiger partial charge < -0.3 is 14.8 Å². The predicted molar refractivity (Wildman–Crippen MR) is 121 cm³/mol. The minimum atomic E-state index is -4.35. The van der Waals surface area contributed by atoms with Crippen LogP contribution >= 0.6 is 0 Å². The fourth-order valence-electron chi connectivity index (χ4n) is 3.20. The second kappa shape index (κ2) is 9.53. The van der Waals surface area contributed by atoms with E-state index >= 15 is 0 Å². The SMILES string of the molecule is COC1=CC=C(c2cccc(Oc3cc[n+](O)cc3S(=O)(=O)NC(=O)NC(C)(C)C)c2)CC1. The van der Waals surface area contributed by atoms with Gasteiger partial charge in [0.15, 0.2) is 10.6 Å². The number of ether oxygens (including phenoxy) is 2. The highest BCUT2D eigenvalue weighted by Gasteiger charge is 2.28. The predicted octanol–water partition coefficient (Wildman–Crippen LogP) is 3.50. The van der Waals surface area contributed by atoms with Crippen LogP contribution in [-0.2, 0) is 14.8 Å². The first kappa shape index (κ1) is 24.1. The smallest absolute Gasteiger partial charge is 0.329 e. The fourth-order valence-corrected chi connectivity index (χ4v) is 4.22. The third-order valence-electron chi connectivity index (χ3n) is 4.68. The number of hydrogen-bond donors (Lipinski definition) is 3. The van der Waals surface area contributed by atoms with Crippen LogP contribution in [0.1, 0.15) is 39.2 Å². The Bertz CT molecular complexity index is 1210. The van der Waals surface area contributed by atoms with Crippen molar-refractivity contribution in [2.45, 2.75) is 44.0 Å². The first-order valence-electron chi connectivity index (χ1n) is 10.3. The summed E-state index contributed by atoms with van der Waals surface area (Å²) in [5.74, 6) is 1.26. The van der Waals surface area contributed by atoms with Gasteiger partial charge in [0, 0.05) is 16.7 Å². The zero-order valence-electron chi connectivity index (χ0n) is 19.0. The van der Waals surface area contributed by atoms with Crippen molar-refractivity contribution < 1.29 is 32.6 Å². The summed E-state index contributed by atoms with van der Waals surface area (Å²) in [5, 5.41) is 12.3. The molecule has 1 aromatic heterocycles. The van der Waals surface area contributed by atoms with Gasteiger partial charge in [0.25, 0.3) is 10.0 Å². The van der Waals surface area contributed by atoms with Gasteiger partial charge in [-0.05, 0) is 56.5 Å². The van der Waals surface area contributed by atoms with Crippen LogP contribution in [0.3, 0.4) is 0 Å². The highest BCUT2D eigenvalue weighted by atomic mass is 32.2. The van der Waals surface area contributed by atoms with Crippen LogP contribution in [0.2, 0.25) is 0 Å². The number of hydrogen-bond acceptors (Lipinski definition) is 6. The van der Waals surface area contributed by atoms with Gasteiger partial charge in [-0.25, -0.2) is 17.9 Å². The maximum Gasteiger partial charge on any atom is 0.329 e. The lowest BCUT2D eigenvalue weighted by atomic mass is 9.96. The molecule has 10 heteroatoms. The number of allylic oxidation sites excluding steroid dienone is 4. The zero-order chi connectivity index (χ0) is 24.2. The molecule has 3 N–H and O–H groups in total. The Labute approximate surface area is 193 Å². The van der Waals surface area contributed by atoms with E-state index in [1.807, 2.05) is 22.9 Å². The van der Waals surface area contributed by atoms with Gasteiger partial charge in [0.1, 0.15) is 5.75 Å². The number of urea groups is 1. The number of nitrogens with zero attached hydrogens (tertiary/aromatic N) is 1. The highest BCUT2D eigenvalue weighted by molar-refractivity contribution is 7.90. The normalized spacial score (nSPS) is 14.1. The zero-order valence-corrected chi connectivity index (χ0v) is 19.8. The van der Waals surface area contributed by atoms with Crippen LogP contribution in [-0.4, -0.2) is 32.3 Å². The van der Waals surface area contributed by atoms with Crippen LogP contribution in [0.5, 0.6) is 11.5 Å². The average Bonchev–Trinajstić information content (AvgIpc) is 2.73. The summed E-state index contributed by atoms with van der Waals surface area (Å²) < 4.78 is 39.4. The molecule has 2 aromatic rings. The van der Waals surface area contributed by atoms with Crippen molar-refractivity contribution in [1.29, 1.82) is 0 Å². The molecular formula is C23H28N3O6S+. The number of sulfonamides is 1. The van der Waals surface area contributed by atoms with Gasteiger partial charge in [0.05, 0.1) is 18.9 Å². The van der Waals surface area contributed by atoms with Crippen LogP contribution in [0.15, 0.2) is 65.5 Å². The molecule has 0 atom stereocenters. The quantitative estimate of drug-likeness (QED) is 0.436. The topological polar surface area (TPSA) is 118 Å². The molecule has 1 aromatic carbocycles. The van der Waals surface area contributed by atoms with Crippen molar-refractivity contribution in [2.75, 3.05) is 7.11 Å². The molecule has 0 saturated heterocycles. The number of rotatable bonds is 6. The van der Waals surface area contributed by atoms with E-state index < -0.39 is 26.5 Å². The Morgan fingerprint density at radius 1 is 1.15 bits per heavy atom. The Morgan fingerprint density at radius 3 is 2.55 bits per heavy atom. The Balaban J connectivity index is 1.88. The van der Waals surface area contributed by atoms with E-state index in [-0.39, 0.29) is 5.75 Å². The van der Waals surface area contributed by atoms with Gasteiger partial charge in [-0.2, -0.15) is 0 Å². The number of methoxy groups -OCH3 is 1. The van der Waals surface area contributed by atoms with Gasteiger partial charge in [-0.1, -0.05) is 18.2 Å². The summed E-state index contributed by atoms with van der Waals surface area (Å²) in [7, 11) is -2.70. The number of benzene rings is 1. The van der Waals surface area contributed by atoms with Crippen LogP contribution in [0.4, 0.5) is 4.79 Å². The highest BCUT2D eigenvalue weighted by Crippen LogP contribution is 2.32. The van der Waals surface area contributed by atoms with Crippen molar-refractivity contribution in [3.05, 3.63) is 66.2 Å². The summed E-state index contributed by atoms with van der Waals surface area (Å²) in [4.78, 5) is 11.7. The van der Waals surface area contributed by atoms with Crippen molar-refractivity contribution >= 4 is 21.6 Å². The van der Waals surface area contributed by atoms with E-state index in [2.05, 4.69) is 5.32 Å². The molecule has 3 rings (SSSR count). The largest absolute Gasteiger partial charge is 0.501 e. The molecule has 0 fully saturated rings. The second-order valence-corrected chi connectivity index (χ2v) is 10.2. The number of nitrogens with one attached hydrogen (secondary N) is 2. The molecule has 1 heterocycles. The monoisotopic (exact) mass is 474 g/mol. The summed E-state index contributed by atoms with van der Waals surface area (Å²) in [6, 6.07) is 7.65. The first-order chi connectivity index (χ1) is 15.5. The minimum Gasteiger partial charge on any atom is -0.501 e. The van der Waals surface area contributed by atoms with E-state index in [4.69, 9.17) is 9.47 Å². The van der Waals surface area contributed by atoms with E-state index in [9.17, 15) is 18.4 Å². The second-order valence-electron chi connectivity index (χ2n) is 8.52. The molecule has 0 aliphatic heterocycles.